The zero-order chi connectivity index (χ0) is 22.8. The third kappa shape index (κ3) is 4.62. The van der Waals surface area contributed by atoms with Gasteiger partial charge in [-0.1, -0.05) is 36.4 Å². The van der Waals surface area contributed by atoms with Crippen LogP contribution in [0.15, 0.2) is 77.7 Å². The number of benzene rings is 3. The van der Waals surface area contributed by atoms with Gasteiger partial charge in [-0.2, -0.15) is 0 Å². The van der Waals surface area contributed by atoms with Crippen molar-refractivity contribution in [2.45, 2.75) is 30.1 Å². The normalized spacial score (nSPS) is 14.4. The zero-order valence-corrected chi connectivity index (χ0v) is 18.9. The van der Waals surface area contributed by atoms with Gasteiger partial charge in [0.15, 0.2) is 0 Å². The maximum Gasteiger partial charge on any atom is 0.261 e. The quantitative estimate of drug-likeness (QED) is 0.537. The van der Waals surface area contributed by atoms with E-state index < -0.39 is 10.0 Å². The Hall–Kier alpha value is -3.32. The molecule has 3 aromatic rings. The number of amides is 1. The van der Waals surface area contributed by atoms with Crippen molar-refractivity contribution in [3.63, 3.8) is 0 Å². The molecule has 0 aromatic heterocycles. The molecule has 0 saturated heterocycles. The first-order chi connectivity index (χ1) is 15.3. The standard InChI is InChI=1S/C25H26N2O4S/c1-18-8-13-22(32(29,30)27-20-9-11-21(31-2)12-10-20)16-23(18)24(28)26-17-25(14-15-25)19-6-4-3-5-7-19/h3-13,16,27H,14-15,17H2,1-2H3,(H,26,28). The van der Waals surface area contributed by atoms with E-state index in [1.165, 1.54) is 17.7 Å². The van der Waals surface area contributed by atoms with E-state index in [0.717, 1.165) is 18.4 Å². The molecule has 0 aliphatic heterocycles. The van der Waals surface area contributed by atoms with Crippen molar-refractivity contribution >= 4 is 21.6 Å². The van der Waals surface area contributed by atoms with Crippen LogP contribution in [-0.4, -0.2) is 28.0 Å². The van der Waals surface area contributed by atoms with Crippen molar-refractivity contribution in [1.29, 1.82) is 0 Å². The molecular formula is C25H26N2O4S. The van der Waals surface area contributed by atoms with Gasteiger partial charge in [0.25, 0.3) is 15.9 Å². The molecule has 2 N–H and O–H groups in total. The van der Waals surface area contributed by atoms with Crippen LogP contribution >= 0.6 is 0 Å². The number of carbonyl (C=O) groups is 1. The third-order valence-corrected chi connectivity index (χ3v) is 7.31. The van der Waals surface area contributed by atoms with Crippen molar-refractivity contribution in [2.75, 3.05) is 18.4 Å². The third-order valence-electron chi connectivity index (χ3n) is 5.93. The molecule has 32 heavy (non-hydrogen) atoms. The number of rotatable bonds is 8. The fraction of sp³-hybridized carbons (Fsp3) is 0.240. The minimum Gasteiger partial charge on any atom is -0.497 e. The molecule has 3 aromatic carbocycles. The lowest BCUT2D eigenvalue weighted by atomic mass is 9.96. The van der Waals surface area contributed by atoms with Crippen molar-refractivity contribution in [3.8, 4) is 5.75 Å². The number of hydrogen-bond acceptors (Lipinski definition) is 4. The minimum atomic E-state index is -3.85. The number of aryl methyl sites for hydroxylation is 1. The van der Waals surface area contributed by atoms with Crippen LogP contribution in [0, 0.1) is 6.92 Å². The first-order valence-electron chi connectivity index (χ1n) is 10.4. The molecule has 1 saturated carbocycles. The van der Waals surface area contributed by atoms with E-state index in [9.17, 15) is 13.2 Å². The molecular weight excluding hydrogens is 424 g/mol. The summed E-state index contributed by atoms with van der Waals surface area (Å²) in [7, 11) is -2.31. The zero-order valence-electron chi connectivity index (χ0n) is 18.1. The Labute approximate surface area is 188 Å². The van der Waals surface area contributed by atoms with Crippen LogP contribution < -0.4 is 14.8 Å². The van der Waals surface area contributed by atoms with E-state index in [2.05, 4.69) is 22.2 Å². The van der Waals surface area contributed by atoms with Gasteiger partial charge in [-0.05, 0) is 67.3 Å². The summed E-state index contributed by atoms with van der Waals surface area (Å²) in [6, 6.07) is 21.3. The van der Waals surface area contributed by atoms with Crippen LogP contribution in [0.5, 0.6) is 5.75 Å². The van der Waals surface area contributed by atoms with E-state index in [1.807, 2.05) is 18.2 Å². The summed E-state index contributed by atoms with van der Waals surface area (Å²) in [5, 5.41) is 3.01. The number of carbonyl (C=O) groups excluding carboxylic acids is 1. The second-order valence-corrected chi connectivity index (χ2v) is 9.82. The van der Waals surface area contributed by atoms with Crippen LogP contribution in [0.1, 0.15) is 34.3 Å². The number of sulfonamides is 1. The van der Waals surface area contributed by atoms with E-state index >= 15 is 0 Å². The van der Waals surface area contributed by atoms with E-state index in [-0.39, 0.29) is 16.2 Å². The molecule has 0 heterocycles. The maximum atomic E-state index is 12.9. The van der Waals surface area contributed by atoms with Gasteiger partial charge in [-0.15, -0.1) is 0 Å². The maximum absolute atomic E-state index is 12.9. The van der Waals surface area contributed by atoms with Gasteiger partial charge in [0.2, 0.25) is 0 Å². The van der Waals surface area contributed by atoms with Gasteiger partial charge in [-0.25, -0.2) is 8.42 Å². The highest BCUT2D eigenvalue weighted by Gasteiger charge is 2.44. The molecule has 1 aliphatic rings. The van der Waals surface area contributed by atoms with Crippen LogP contribution in [0.25, 0.3) is 0 Å². The molecule has 1 amide bonds. The van der Waals surface area contributed by atoms with Gasteiger partial charge in [0, 0.05) is 23.2 Å². The van der Waals surface area contributed by atoms with Crippen molar-refractivity contribution < 1.29 is 17.9 Å². The van der Waals surface area contributed by atoms with Crippen LogP contribution in [-0.2, 0) is 15.4 Å². The molecule has 6 nitrogen and oxygen atoms in total. The molecule has 0 bridgehead atoms. The second kappa shape index (κ2) is 8.67. The van der Waals surface area contributed by atoms with Crippen molar-refractivity contribution in [1.82, 2.24) is 5.32 Å². The number of ether oxygens (including phenoxy) is 1. The lowest BCUT2D eigenvalue weighted by molar-refractivity contribution is 0.0949. The Morgan fingerprint density at radius 2 is 1.69 bits per heavy atom. The van der Waals surface area contributed by atoms with Gasteiger partial charge in [-0.3, -0.25) is 9.52 Å². The molecule has 4 rings (SSSR count). The first-order valence-corrected chi connectivity index (χ1v) is 11.9. The van der Waals surface area contributed by atoms with Gasteiger partial charge < -0.3 is 10.1 Å². The van der Waals surface area contributed by atoms with Crippen LogP contribution in [0.2, 0.25) is 0 Å². The van der Waals surface area contributed by atoms with Gasteiger partial charge >= 0.3 is 0 Å². The summed E-state index contributed by atoms with van der Waals surface area (Å²) in [5.74, 6) is 0.359. The predicted octanol–water partition coefficient (Wildman–Crippen LogP) is 4.27. The Kier molecular flexibility index (Phi) is 5.93. The van der Waals surface area contributed by atoms with Crippen LogP contribution in [0.4, 0.5) is 5.69 Å². The van der Waals surface area contributed by atoms with Crippen LogP contribution in [0.3, 0.4) is 0 Å². The average molecular weight is 451 g/mol. The number of anilines is 1. The summed E-state index contributed by atoms with van der Waals surface area (Å²) in [6.07, 6.45) is 2.05. The smallest absolute Gasteiger partial charge is 0.261 e. The fourth-order valence-electron chi connectivity index (χ4n) is 3.74. The molecule has 0 radical (unpaired) electrons. The average Bonchev–Trinajstić information content (AvgIpc) is 3.60. The van der Waals surface area contributed by atoms with Gasteiger partial charge in [0.1, 0.15) is 5.75 Å². The van der Waals surface area contributed by atoms with Crippen molar-refractivity contribution in [3.05, 3.63) is 89.5 Å². The molecule has 7 heteroatoms. The largest absolute Gasteiger partial charge is 0.497 e. The van der Waals surface area contributed by atoms with E-state index in [0.29, 0.717) is 23.5 Å². The highest BCUT2D eigenvalue weighted by atomic mass is 32.2. The molecule has 0 atom stereocenters. The minimum absolute atomic E-state index is 0.0234. The highest BCUT2D eigenvalue weighted by molar-refractivity contribution is 7.92. The lowest BCUT2D eigenvalue weighted by Crippen LogP contribution is -2.32. The summed E-state index contributed by atoms with van der Waals surface area (Å²) >= 11 is 0. The van der Waals surface area contributed by atoms with E-state index in [1.54, 1.807) is 44.4 Å². The molecule has 0 spiro atoms. The van der Waals surface area contributed by atoms with Crippen molar-refractivity contribution in [2.24, 2.45) is 0 Å². The molecule has 0 unspecified atom stereocenters. The number of methoxy groups -OCH3 is 1. The van der Waals surface area contributed by atoms with Gasteiger partial charge in [0.05, 0.1) is 12.0 Å². The first kappa shape index (κ1) is 21.9. The van der Waals surface area contributed by atoms with E-state index in [4.69, 9.17) is 4.74 Å². The summed E-state index contributed by atoms with van der Waals surface area (Å²) in [6.45, 7) is 2.32. The Morgan fingerprint density at radius 3 is 2.31 bits per heavy atom. The summed E-state index contributed by atoms with van der Waals surface area (Å²) in [5.41, 5.74) is 2.68. The SMILES string of the molecule is COc1ccc(NS(=O)(=O)c2ccc(C)c(C(=O)NCC3(c4ccccc4)CC3)c2)cc1. The Balaban J connectivity index is 1.49. The predicted molar refractivity (Wildman–Crippen MR) is 125 cm³/mol. The Morgan fingerprint density at radius 1 is 1.00 bits per heavy atom. The number of nitrogens with one attached hydrogen (secondary N) is 2. The topological polar surface area (TPSA) is 84.5 Å². The summed E-state index contributed by atoms with van der Waals surface area (Å²) < 4.78 is 33.4. The second-order valence-electron chi connectivity index (χ2n) is 8.14. The monoisotopic (exact) mass is 450 g/mol. The number of hydrogen-bond donors (Lipinski definition) is 2. The highest BCUT2D eigenvalue weighted by Crippen LogP contribution is 2.47. The summed E-state index contributed by atoms with van der Waals surface area (Å²) in [4.78, 5) is 13.0. The fourth-order valence-corrected chi connectivity index (χ4v) is 4.83. The molecule has 166 valence electrons. The lowest BCUT2D eigenvalue weighted by Gasteiger charge is -2.17. The Bertz CT molecular complexity index is 1220. The molecule has 1 aliphatic carbocycles. The molecule has 1 fully saturated rings.